The third-order valence-electron chi connectivity index (χ3n) is 10.2. The Morgan fingerprint density at radius 2 is 0.931 bits per heavy atom. The molecule has 2 heterocycles. The highest BCUT2D eigenvalue weighted by Gasteiger charge is 2.18. The summed E-state index contributed by atoms with van der Waals surface area (Å²) in [5, 5.41) is 9.74. The van der Waals surface area contributed by atoms with Crippen LogP contribution in [-0.4, -0.2) is 20.9 Å². The maximum atomic E-state index is 12.7. The van der Waals surface area contributed by atoms with Gasteiger partial charge in [-0.05, 0) is 174 Å². The predicted octanol–water partition coefficient (Wildman–Crippen LogP) is 14.3. The number of halogens is 2. The van der Waals surface area contributed by atoms with Gasteiger partial charge in [-0.3, -0.25) is 14.8 Å². The van der Waals surface area contributed by atoms with Crippen molar-refractivity contribution in [1.82, 2.24) is 9.97 Å². The van der Waals surface area contributed by atoms with Crippen LogP contribution in [0.2, 0.25) is 0 Å². The van der Waals surface area contributed by atoms with Crippen LogP contribution in [0.15, 0.2) is 188 Å². The minimum atomic E-state index is -0.0977. The molecule has 6 aromatic carbocycles. The summed E-state index contributed by atoms with van der Waals surface area (Å²) in [7, 11) is 0. The molecule has 0 aliphatic carbocycles. The number of hydrogen-bond acceptors (Lipinski definition) is 4. The molecule has 0 spiro atoms. The van der Waals surface area contributed by atoms with Crippen LogP contribution >= 0.6 is 45.2 Å². The molecule has 0 fully saturated rings. The van der Waals surface area contributed by atoms with E-state index in [1.165, 1.54) is 13.0 Å². The first kappa shape index (κ1) is 39.1. The summed E-state index contributed by atoms with van der Waals surface area (Å²) in [5.74, 6) is -0.0746. The highest BCUT2D eigenvalue weighted by Crippen LogP contribution is 2.43. The number of pyridine rings is 2. The first-order valence-corrected chi connectivity index (χ1v) is 21.2. The molecule has 0 atom stereocenters. The van der Waals surface area contributed by atoms with Crippen LogP contribution in [0.5, 0.6) is 0 Å². The quantitative estimate of drug-likeness (QED) is 0.0797. The van der Waals surface area contributed by atoms with Gasteiger partial charge in [0.25, 0.3) is 0 Å². The van der Waals surface area contributed by atoms with Crippen molar-refractivity contribution in [2.45, 2.75) is 19.8 Å². The van der Waals surface area contributed by atoms with Crippen molar-refractivity contribution in [1.29, 1.82) is 0 Å². The molecule has 0 unspecified atom stereocenters. The molecule has 0 saturated heterocycles. The lowest BCUT2D eigenvalue weighted by molar-refractivity contribution is -0.114. The van der Waals surface area contributed by atoms with Crippen LogP contribution in [0.25, 0.3) is 78.1 Å². The average Bonchev–Trinajstić information content (AvgIpc) is 3.26. The fraction of sp³-hybridized carbons (Fsp3) is 0.0577. The maximum Gasteiger partial charge on any atom is 0.159 e. The Kier molecular flexibility index (Phi) is 12.0. The summed E-state index contributed by atoms with van der Waals surface area (Å²) in [6.07, 6.45) is 5.81. The molecule has 6 heteroatoms. The van der Waals surface area contributed by atoms with Crippen molar-refractivity contribution in [3.8, 4) is 78.1 Å². The zero-order valence-electron chi connectivity index (χ0n) is 31.7. The van der Waals surface area contributed by atoms with Crippen LogP contribution in [-0.2, 0) is 11.2 Å². The number of carbonyl (C=O) groups is 1. The normalized spacial score (nSPS) is 11.4. The van der Waals surface area contributed by atoms with Gasteiger partial charge in [-0.1, -0.05) is 109 Å². The molecule has 0 aliphatic rings. The number of carbonyl (C=O) groups excluding carboxylic acids is 1. The number of aliphatic hydroxyl groups is 1. The van der Waals surface area contributed by atoms with Gasteiger partial charge in [0.15, 0.2) is 5.78 Å². The van der Waals surface area contributed by atoms with Gasteiger partial charge in [-0.15, -0.1) is 0 Å². The summed E-state index contributed by atoms with van der Waals surface area (Å²) < 4.78 is 2.28. The summed E-state index contributed by atoms with van der Waals surface area (Å²) in [5.41, 5.74) is 16.3. The molecule has 0 amide bonds. The largest absolute Gasteiger partial charge is 0.512 e. The number of aliphatic hydroxyl groups excluding tert-OH is 1. The second-order valence-electron chi connectivity index (χ2n) is 14.1. The highest BCUT2D eigenvalue weighted by molar-refractivity contribution is 14.1. The predicted molar refractivity (Wildman–Crippen MR) is 255 cm³/mol. The third kappa shape index (κ3) is 8.73. The second-order valence-corrected chi connectivity index (χ2v) is 16.4. The van der Waals surface area contributed by atoms with Crippen molar-refractivity contribution in [2.75, 3.05) is 0 Å². The number of aromatic nitrogens is 2. The zero-order valence-corrected chi connectivity index (χ0v) is 36.1. The lowest BCUT2D eigenvalue weighted by atomic mass is 9.86. The van der Waals surface area contributed by atoms with Crippen LogP contribution < -0.4 is 0 Å². The lowest BCUT2D eigenvalue weighted by Crippen LogP contribution is -1.99. The van der Waals surface area contributed by atoms with Crippen LogP contribution in [0.3, 0.4) is 0 Å². The first-order chi connectivity index (χ1) is 28.3. The molecular formula is C52H38I2N2O2. The molecule has 8 rings (SSSR count). The minimum Gasteiger partial charge on any atom is -0.512 e. The van der Waals surface area contributed by atoms with Crippen molar-refractivity contribution >= 4 is 51.0 Å². The maximum absolute atomic E-state index is 12.7. The Morgan fingerprint density at radius 1 is 0.500 bits per heavy atom. The van der Waals surface area contributed by atoms with Gasteiger partial charge in [0.1, 0.15) is 0 Å². The van der Waals surface area contributed by atoms with Gasteiger partial charge in [0.05, 0.1) is 17.1 Å². The smallest absolute Gasteiger partial charge is 0.159 e. The summed E-state index contributed by atoms with van der Waals surface area (Å²) in [6, 6.07) is 57.6. The van der Waals surface area contributed by atoms with E-state index in [1.54, 1.807) is 0 Å². The molecule has 8 aromatic rings. The van der Waals surface area contributed by atoms with Gasteiger partial charge in [0, 0.05) is 43.2 Å². The van der Waals surface area contributed by atoms with Gasteiger partial charge in [-0.2, -0.15) is 0 Å². The molecule has 282 valence electrons. The van der Waals surface area contributed by atoms with Gasteiger partial charge in [0.2, 0.25) is 0 Å². The lowest BCUT2D eigenvalue weighted by Gasteiger charge is -2.18. The topological polar surface area (TPSA) is 63.1 Å². The van der Waals surface area contributed by atoms with Crippen molar-refractivity contribution in [3.63, 3.8) is 0 Å². The number of benzene rings is 6. The third-order valence-corrected chi connectivity index (χ3v) is 12.0. The molecule has 58 heavy (non-hydrogen) atoms. The number of aryl methyl sites for hydroxylation is 1. The van der Waals surface area contributed by atoms with E-state index < -0.39 is 0 Å². The summed E-state index contributed by atoms with van der Waals surface area (Å²) in [4.78, 5) is 21.9. The second kappa shape index (κ2) is 17.8. The van der Waals surface area contributed by atoms with Crippen molar-refractivity contribution in [3.05, 3.63) is 201 Å². The van der Waals surface area contributed by atoms with Gasteiger partial charge < -0.3 is 5.11 Å². The van der Waals surface area contributed by atoms with Gasteiger partial charge >= 0.3 is 0 Å². The van der Waals surface area contributed by atoms with Crippen LogP contribution in [0.4, 0.5) is 0 Å². The SMILES string of the molecule is CC(O)=CC(=O)CCc1ccccc1-c1cc(-c2ccccc2-c2ccc(-c3ccccn3)cc2I)cc(-c2ccccc2-c2ccc(-c3ccccn3)cc2I)c1. The Hall–Kier alpha value is -5.71. The molecule has 0 saturated carbocycles. The highest BCUT2D eigenvalue weighted by atomic mass is 127. The summed E-state index contributed by atoms with van der Waals surface area (Å²) in [6.45, 7) is 1.53. The molecule has 0 bridgehead atoms. The van der Waals surface area contributed by atoms with Crippen LogP contribution in [0.1, 0.15) is 18.9 Å². The fourth-order valence-corrected chi connectivity index (χ4v) is 9.08. The van der Waals surface area contributed by atoms with Gasteiger partial charge in [-0.25, -0.2) is 0 Å². The van der Waals surface area contributed by atoms with E-state index in [0.29, 0.717) is 12.8 Å². The molecule has 0 radical (unpaired) electrons. The Bertz CT molecular complexity index is 2640. The average molecular weight is 977 g/mol. The Labute approximate surface area is 366 Å². The van der Waals surface area contributed by atoms with Crippen molar-refractivity contribution in [2.24, 2.45) is 0 Å². The number of ketones is 1. The molecule has 1 N–H and O–H groups in total. The fourth-order valence-electron chi connectivity index (χ4n) is 7.47. The van der Waals surface area contributed by atoms with E-state index in [-0.39, 0.29) is 11.5 Å². The molecular weight excluding hydrogens is 938 g/mol. The minimum absolute atomic E-state index is 0.0232. The van der Waals surface area contributed by atoms with E-state index in [1.807, 2.05) is 54.9 Å². The number of rotatable bonds is 11. The standard InChI is InChI=1S/C52H38I2N2O2/c1-34(57)28-41(58)23-20-35-12-2-3-13-42(35)38-29-39(43-14-4-6-16-45(43)47-24-21-36(32-49(47)53)51-18-8-10-26-55-51)31-40(30-38)44-15-5-7-17-46(44)48-25-22-37(33-50(48)54)52-19-9-11-27-56-52/h2-19,21-22,24-33,57H,20,23H2,1H3. The zero-order chi connectivity index (χ0) is 40.0. The molecule has 4 nitrogen and oxygen atoms in total. The molecule has 2 aromatic heterocycles. The van der Waals surface area contributed by atoms with E-state index in [9.17, 15) is 9.90 Å². The molecule has 0 aliphatic heterocycles. The number of allylic oxidation sites excluding steroid dienone is 2. The van der Waals surface area contributed by atoms with Crippen molar-refractivity contribution < 1.29 is 9.90 Å². The Balaban J connectivity index is 1.29. The van der Waals surface area contributed by atoms with Crippen LogP contribution in [0, 0.1) is 7.14 Å². The van der Waals surface area contributed by atoms with E-state index >= 15 is 0 Å². The van der Waals surface area contributed by atoms with E-state index in [4.69, 9.17) is 0 Å². The monoisotopic (exact) mass is 976 g/mol. The summed E-state index contributed by atoms with van der Waals surface area (Å²) >= 11 is 4.90. The van der Waals surface area contributed by atoms with E-state index in [0.717, 1.165) is 90.9 Å². The number of nitrogens with zero attached hydrogens (tertiary/aromatic N) is 2. The van der Waals surface area contributed by atoms with E-state index in [2.05, 4.69) is 176 Å². The Morgan fingerprint density at radius 3 is 1.38 bits per heavy atom. The number of hydrogen-bond donors (Lipinski definition) is 1. The first-order valence-electron chi connectivity index (χ1n) is 19.1.